The largest absolute Gasteiger partial charge is 0.383 e. The molecular weight excluding hydrogens is 287 g/mol. The minimum atomic E-state index is -0.220. The summed E-state index contributed by atoms with van der Waals surface area (Å²) in [6.07, 6.45) is 0.0307. The standard InChI is InChI=1S/C16H21FN2O3/c1-21-6-5-19-14-9-18(10-15(14)22-11-16(19)20)8-12-3-2-4-13(17)7-12/h2-4,7,14-15H,5-6,8-11H2,1H3/t14-,15-/m0/s1. The van der Waals surface area contributed by atoms with Crippen LogP contribution >= 0.6 is 0 Å². The Morgan fingerprint density at radius 1 is 1.41 bits per heavy atom. The third-order valence-corrected chi connectivity index (χ3v) is 4.29. The second-order valence-electron chi connectivity index (χ2n) is 5.82. The smallest absolute Gasteiger partial charge is 0.249 e. The lowest BCUT2D eigenvalue weighted by molar-refractivity contribution is -0.153. The van der Waals surface area contributed by atoms with E-state index in [9.17, 15) is 9.18 Å². The van der Waals surface area contributed by atoms with Gasteiger partial charge in [-0.05, 0) is 17.7 Å². The lowest BCUT2D eigenvalue weighted by atomic mass is 10.1. The fourth-order valence-electron chi connectivity index (χ4n) is 3.24. The zero-order chi connectivity index (χ0) is 15.5. The van der Waals surface area contributed by atoms with Crippen LogP contribution in [0.15, 0.2) is 24.3 Å². The summed E-state index contributed by atoms with van der Waals surface area (Å²) in [7, 11) is 1.63. The molecule has 2 aliphatic heterocycles. The summed E-state index contributed by atoms with van der Waals surface area (Å²) in [5.41, 5.74) is 0.938. The van der Waals surface area contributed by atoms with Gasteiger partial charge in [0, 0.05) is 33.3 Å². The molecule has 0 spiro atoms. The first kappa shape index (κ1) is 15.4. The van der Waals surface area contributed by atoms with E-state index in [-0.39, 0.29) is 30.5 Å². The molecule has 1 aromatic carbocycles. The maximum Gasteiger partial charge on any atom is 0.249 e. The van der Waals surface area contributed by atoms with Gasteiger partial charge < -0.3 is 14.4 Å². The molecule has 3 rings (SSSR count). The molecule has 1 amide bonds. The van der Waals surface area contributed by atoms with E-state index >= 15 is 0 Å². The van der Waals surface area contributed by atoms with Crippen LogP contribution in [0.25, 0.3) is 0 Å². The van der Waals surface area contributed by atoms with Gasteiger partial charge in [-0.2, -0.15) is 0 Å². The van der Waals surface area contributed by atoms with E-state index in [1.54, 1.807) is 19.2 Å². The predicted molar refractivity (Wildman–Crippen MR) is 78.8 cm³/mol. The Bertz CT molecular complexity index is 540. The molecule has 2 aliphatic rings. The van der Waals surface area contributed by atoms with E-state index in [2.05, 4.69) is 4.90 Å². The second-order valence-corrected chi connectivity index (χ2v) is 5.82. The van der Waals surface area contributed by atoms with Crippen molar-refractivity contribution in [3.63, 3.8) is 0 Å². The molecule has 5 nitrogen and oxygen atoms in total. The number of carbonyl (C=O) groups excluding carboxylic acids is 1. The summed E-state index contributed by atoms with van der Waals surface area (Å²) in [6, 6.07) is 6.70. The number of amides is 1. The first-order valence-electron chi connectivity index (χ1n) is 7.54. The van der Waals surface area contributed by atoms with Crippen LogP contribution in [0.4, 0.5) is 4.39 Å². The van der Waals surface area contributed by atoms with Gasteiger partial charge in [0.05, 0.1) is 18.8 Å². The molecule has 2 fully saturated rings. The van der Waals surface area contributed by atoms with Crippen molar-refractivity contribution < 1.29 is 18.7 Å². The van der Waals surface area contributed by atoms with E-state index in [1.165, 1.54) is 6.07 Å². The number of carbonyl (C=O) groups is 1. The van der Waals surface area contributed by atoms with Crippen molar-refractivity contribution >= 4 is 5.91 Å². The van der Waals surface area contributed by atoms with E-state index in [1.807, 2.05) is 11.0 Å². The number of hydrogen-bond acceptors (Lipinski definition) is 4. The number of halogens is 1. The number of likely N-dealkylation sites (tertiary alicyclic amines) is 1. The first-order chi connectivity index (χ1) is 10.7. The molecule has 2 saturated heterocycles. The minimum Gasteiger partial charge on any atom is -0.383 e. The number of nitrogens with zero attached hydrogens (tertiary/aromatic N) is 2. The third kappa shape index (κ3) is 3.29. The molecule has 2 atom stereocenters. The number of benzene rings is 1. The summed E-state index contributed by atoms with van der Waals surface area (Å²) in [5.74, 6) is -0.201. The fraction of sp³-hybridized carbons (Fsp3) is 0.562. The number of morpholine rings is 1. The van der Waals surface area contributed by atoms with Gasteiger partial charge in [0.1, 0.15) is 12.4 Å². The van der Waals surface area contributed by atoms with Crippen molar-refractivity contribution in [1.29, 1.82) is 0 Å². The van der Waals surface area contributed by atoms with Crippen LogP contribution in [0.2, 0.25) is 0 Å². The number of hydrogen-bond donors (Lipinski definition) is 0. The fourth-order valence-corrected chi connectivity index (χ4v) is 3.24. The van der Waals surface area contributed by atoms with Gasteiger partial charge in [-0.15, -0.1) is 0 Å². The Hall–Kier alpha value is -1.50. The SMILES string of the molecule is COCCN1C(=O)CO[C@H]2CN(Cc3cccc(F)c3)C[C@@H]21. The van der Waals surface area contributed by atoms with E-state index in [0.717, 1.165) is 18.7 Å². The third-order valence-electron chi connectivity index (χ3n) is 4.29. The van der Waals surface area contributed by atoms with E-state index in [0.29, 0.717) is 19.7 Å². The van der Waals surface area contributed by atoms with Crippen molar-refractivity contribution in [2.75, 3.05) is 40.0 Å². The molecule has 2 heterocycles. The van der Waals surface area contributed by atoms with Crippen LogP contribution in [0.1, 0.15) is 5.56 Å². The highest BCUT2D eigenvalue weighted by atomic mass is 19.1. The van der Waals surface area contributed by atoms with Crippen molar-refractivity contribution in [1.82, 2.24) is 9.80 Å². The lowest BCUT2D eigenvalue weighted by Crippen LogP contribution is -2.54. The van der Waals surface area contributed by atoms with Crippen LogP contribution in [-0.2, 0) is 20.8 Å². The van der Waals surface area contributed by atoms with Crippen LogP contribution in [0.3, 0.4) is 0 Å². The van der Waals surface area contributed by atoms with E-state index < -0.39 is 0 Å². The van der Waals surface area contributed by atoms with Crippen molar-refractivity contribution in [3.8, 4) is 0 Å². The van der Waals surface area contributed by atoms with Gasteiger partial charge in [-0.3, -0.25) is 9.69 Å². The van der Waals surface area contributed by atoms with Crippen LogP contribution in [0, 0.1) is 5.82 Å². The number of rotatable bonds is 5. The predicted octanol–water partition coefficient (Wildman–Crippen LogP) is 0.884. The molecule has 0 N–H and O–H groups in total. The van der Waals surface area contributed by atoms with Gasteiger partial charge in [-0.1, -0.05) is 12.1 Å². The maximum atomic E-state index is 13.3. The summed E-state index contributed by atoms with van der Waals surface area (Å²) in [4.78, 5) is 16.1. The number of methoxy groups -OCH3 is 1. The molecule has 1 aromatic rings. The molecule has 0 saturated carbocycles. The highest BCUT2D eigenvalue weighted by Gasteiger charge is 2.42. The summed E-state index contributed by atoms with van der Waals surface area (Å²) in [5, 5.41) is 0. The quantitative estimate of drug-likeness (QED) is 0.810. The highest BCUT2D eigenvalue weighted by Crippen LogP contribution is 2.24. The molecule has 0 radical (unpaired) electrons. The van der Waals surface area contributed by atoms with Gasteiger partial charge in [0.15, 0.2) is 0 Å². The molecule has 22 heavy (non-hydrogen) atoms. The van der Waals surface area contributed by atoms with Gasteiger partial charge in [0.25, 0.3) is 0 Å². The molecule has 6 heteroatoms. The number of ether oxygens (including phenoxy) is 2. The monoisotopic (exact) mass is 308 g/mol. The average molecular weight is 308 g/mol. The van der Waals surface area contributed by atoms with Crippen molar-refractivity contribution in [2.24, 2.45) is 0 Å². The molecule has 0 aromatic heterocycles. The van der Waals surface area contributed by atoms with Crippen LogP contribution < -0.4 is 0 Å². The summed E-state index contributed by atoms with van der Waals surface area (Å²) < 4.78 is 24.0. The Morgan fingerprint density at radius 2 is 2.27 bits per heavy atom. The zero-order valence-electron chi connectivity index (χ0n) is 12.7. The van der Waals surface area contributed by atoms with Gasteiger partial charge in [-0.25, -0.2) is 4.39 Å². The molecule has 0 aliphatic carbocycles. The molecule has 0 bridgehead atoms. The Labute approximate surface area is 129 Å². The first-order valence-corrected chi connectivity index (χ1v) is 7.54. The molecule has 120 valence electrons. The van der Waals surface area contributed by atoms with Crippen LogP contribution in [-0.4, -0.2) is 67.8 Å². The lowest BCUT2D eigenvalue weighted by Gasteiger charge is -2.36. The highest BCUT2D eigenvalue weighted by molar-refractivity contribution is 5.78. The second kappa shape index (κ2) is 6.73. The Balaban J connectivity index is 1.65. The minimum absolute atomic E-state index is 0.0194. The Kier molecular flexibility index (Phi) is 4.71. The van der Waals surface area contributed by atoms with Gasteiger partial charge >= 0.3 is 0 Å². The summed E-state index contributed by atoms with van der Waals surface area (Å²) >= 11 is 0. The Morgan fingerprint density at radius 3 is 3.05 bits per heavy atom. The van der Waals surface area contributed by atoms with Gasteiger partial charge in [0.2, 0.25) is 5.91 Å². The summed E-state index contributed by atoms with van der Waals surface area (Å²) in [6.45, 7) is 3.43. The zero-order valence-corrected chi connectivity index (χ0v) is 12.7. The van der Waals surface area contributed by atoms with Crippen molar-refractivity contribution in [3.05, 3.63) is 35.6 Å². The topological polar surface area (TPSA) is 42.0 Å². The maximum absolute atomic E-state index is 13.3. The van der Waals surface area contributed by atoms with Crippen LogP contribution in [0.5, 0.6) is 0 Å². The molecule has 0 unspecified atom stereocenters. The molecular formula is C16H21FN2O3. The van der Waals surface area contributed by atoms with E-state index in [4.69, 9.17) is 9.47 Å². The average Bonchev–Trinajstić information content (AvgIpc) is 2.89. The number of fused-ring (bicyclic) bond motifs is 1. The van der Waals surface area contributed by atoms with Crippen molar-refractivity contribution in [2.45, 2.75) is 18.7 Å². The normalized spacial score (nSPS) is 25.5.